The maximum Gasteiger partial charge on any atom is 0.253 e. The molecule has 146 valence electrons. The van der Waals surface area contributed by atoms with Crippen LogP contribution in [0.15, 0.2) is 53.7 Å². The van der Waals surface area contributed by atoms with Crippen molar-refractivity contribution < 1.29 is 13.2 Å². The summed E-state index contributed by atoms with van der Waals surface area (Å²) in [6, 6.07) is 14.8. The summed E-state index contributed by atoms with van der Waals surface area (Å²) in [7, 11) is -3.48. The van der Waals surface area contributed by atoms with Gasteiger partial charge in [-0.1, -0.05) is 24.3 Å². The number of benzene rings is 2. The van der Waals surface area contributed by atoms with Crippen LogP contribution in [-0.4, -0.2) is 48.1 Å². The molecule has 0 aliphatic carbocycles. The van der Waals surface area contributed by atoms with Crippen LogP contribution in [0, 0.1) is 0 Å². The third-order valence-electron chi connectivity index (χ3n) is 5.11. The highest BCUT2D eigenvalue weighted by Gasteiger charge is 2.21. The second kappa shape index (κ2) is 7.39. The van der Waals surface area contributed by atoms with E-state index in [1.807, 2.05) is 47.4 Å². The second-order valence-corrected chi connectivity index (χ2v) is 9.20. The monoisotopic (exact) mass is 397 g/mol. The zero-order valence-corrected chi connectivity index (χ0v) is 16.7. The molecule has 1 amide bonds. The Balaban J connectivity index is 1.69. The smallest absolute Gasteiger partial charge is 0.253 e. The average molecular weight is 398 g/mol. The molecule has 7 heteroatoms. The van der Waals surface area contributed by atoms with Crippen LogP contribution in [-0.2, 0) is 16.4 Å². The molecule has 4 rings (SSSR count). The highest BCUT2D eigenvalue weighted by molar-refractivity contribution is 7.90. The van der Waals surface area contributed by atoms with Crippen molar-refractivity contribution in [1.29, 1.82) is 0 Å². The fourth-order valence-corrected chi connectivity index (χ4v) is 4.58. The summed E-state index contributed by atoms with van der Waals surface area (Å²) in [4.78, 5) is 19.0. The van der Waals surface area contributed by atoms with Crippen LogP contribution in [0.1, 0.15) is 35.2 Å². The molecule has 0 unspecified atom stereocenters. The molecule has 1 aromatic heterocycles. The number of rotatable bonds is 4. The highest BCUT2D eigenvalue weighted by Crippen LogP contribution is 2.22. The Morgan fingerprint density at radius 3 is 2.54 bits per heavy atom. The fraction of sp³-hybridized carbons (Fsp3) is 0.333. The van der Waals surface area contributed by atoms with Gasteiger partial charge >= 0.3 is 0 Å². The standard InChI is InChI=1S/C21H23N3O3S/c1-28(26,27)21-22-18-10-3-4-11-19(18)24(21)15-16-8-7-9-17(14-16)20(25)23-12-5-2-6-13-23/h3-4,7-11,14H,2,5-6,12-13,15H2,1H3. The van der Waals surface area contributed by atoms with E-state index in [1.54, 1.807) is 10.6 Å². The number of piperidine rings is 1. The van der Waals surface area contributed by atoms with E-state index in [1.165, 1.54) is 12.7 Å². The number of nitrogens with zero attached hydrogens (tertiary/aromatic N) is 3. The number of hydrogen-bond acceptors (Lipinski definition) is 4. The van der Waals surface area contributed by atoms with Crippen LogP contribution in [0.5, 0.6) is 0 Å². The summed E-state index contributed by atoms with van der Waals surface area (Å²) in [5.74, 6) is 0.0420. The Morgan fingerprint density at radius 2 is 1.79 bits per heavy atom. The van der Waals surface area contributed by atoms with Gasteiger partial charge in [-0.3, -0.25) is 4.79 Å². The average Bonchev–Trinajstić information content (AvgIpc) is 3.07. The molecule has 1 saturated heterocycles. The Bertz CT molecular complexity index is 1130. The Morgan fingerprint density at radius 1 is 1.04 bits per heavy atom. The molecule has 0 N–H and O–H groups in total. The van der Waals surface area contributed by atoms with Crippen LogP contribution in [0.2, 0.25) is 0 Å². The van der Waals surface area contributed by atoms with Crippen molar-refractivity contribution in [2.75, 3.05) is 19.3 Å². The lowest BCUT2D eigenvalue weighted by molar-refractivity contribution is 0.0724. The number of carbonyl (C=O) groups excluding carboxylic acids is 1. The van der Waals surface area contributed by atoms with Crippen LogP contribution < -0.4 is 0 Å². The molecule has 0 bridgehead atoms. The van der Waals surface area contributed by atoms with Crippen molar-refractivity contribution in [1.82, 2.24) is 14.5 Å². The van der Waals surface area contributed by atoms with Crippen molar-refractivity contribution in [2.45, 2.75) is 31.0 Å². The highest BCUT2D eigenvalue weighted by atomic mass is 32.2. The van der Waals surface area contributed by atoms with Crippen molar-refractivity contribution in [3.63, 3.8) is 0 Å². The molecule has 2 aromatic carbocycles. The second-order valence-electron chi connectivity index (χ2n) is 7.29. The lowest BCUT2D eigenvalue weighted by Crippen LogP contribution is -2.35. The quantitative estimate of drug-likeness (QED) is 0.678. The van der Waals surface area contributed by atoms with Crippen LogP contribution in [0.4, 0.5) is 0 Å². The van der Waals surface area contributed by atoms with Crippen LogP contribution in [0.3, 0.4) is 0 Å². The maximum atomic E-state index is 12.8. The molecule has 2 heterocycles. The third-order valence-corrected chi connectivity index (χ3v) is 6.08. The number of sulfone groups is 1. The van der Waals surface area contributed by atoms with Gasteiger partial charge in [0, 0.05) is 24.9 Å². The van der Waals surface area contributed by atoms with Gasteiger partial charge in [0.2, 0.25) is 15.0 Å². The molecular formula is C21H23N3O3S. The summed E-state index contributed by atoms with van der Waals surface area (Å²) in [6.07, 6.45) is 4.43. The zero-order chi connectivity index (χ0) is 19.7. The summed E-state index contributed by atoms with van der Waals surface area (Å²) in [5, 5.41) is 0.0430. The van der Waals surface area contributed by atoms with E-state index in [4.69, 9.17) is 0 Å². The number of fused-ring (bicyclic) bond motifs is 1. The van der Waals surface area contributed by atoms with Gasteiger partial charge in [-0.15, -0.1) is 0 Å². The van der Waals surface area contributed by atoms with Gasteiger partial charge < -0.3 is 9.47 Å². The van der Waals surface area contributed by atoms with Gasteiger partial charge in [0.05, 0.1) is 17.6 Å². The lowest BCUT2D eigenvalue weighted by Gasteiger charge is -2.26. The molecule has 0 saturated carbocycles. The van der Waals surface area contributed by atoms with E-state index in [0.717, 1.165) is 37.0 Å². The molecule has 6 nitrogen and oxygen atoms in total. The van der Waals surface area contributed by atoms with Crippen molar-refractivity contribution in [3.8, 4) is 0 Å². The normalized spacial score (nSPS) is 15.1. The van der Waals surface area contributed by atoms with Gasteiger partial charge in [-0.25, -0.2) is 13.4 Å². The largest absolute Gasteiger partial charge is 0.339 e. The van der Waals surface area contributed by atoms with Crippen LogP contribution in [0.25, 0.3) is 11.0 Å². The summed E-state index contributed by atoms with van der Waals surface area (Å²) in [5.41, 5.74) is 2.92. The summed E-state index contributed by atoms with van der Waals surface area (Å²) >= 11 is 0. The van der Waals surface area contributed by atoms with Gasteiger partial charge in [0.15, 0.2) is 0 Å². The summed E-state index contributed by atoms with van der Waals surface area (Å²) < 4.78 is 26.2. The Labute approximate surface area is 164 Å². The molecular weight excluding hydrogens is 374 g/mol. The first kappa shape index (κ1) is 18.7. The van der Waals surface area contributed by atoms with E-state index < -0.39 is 9.84 Å². The number of imidazole rings is 1. The molecule has 0 radical (unpaired) electrons. The molecule has 1 aliphatic rings. The van der Waals surface area contributed by atoms with Crippen LogP contribution >= 0.6 is 0 Å². The first-order chi connectivity index (χ1) is 13.4. The van der Waals surface area contributed by atoms with Gasteiger partial charge in [0.25, 0.3) is 5.91 Å². The molecule has 1 aliphatic heterocycles. The van der Waals surface area contributed by atoms with Gasteiger partial charge in [0.1, 0.15) is 0 Å². The predicted octanol–water partition coefficient (Wildman–Crippen LogP) is 3.11. The van der Waals surface area contributed by atoms with E-state index in [0.29, 0.717) is 17.6 Å². The number of aromatic nitrogens is 2. The molecule has 0 atom stereocenters. The minimum Gasteiger partial charge on any atom is -0.339 e. The van der Waals surface area contributed by atoms with E-state index in [-0.39, 0.29) is 11.1 Å². The third kappa shape index (κ3) is 3.67. The Hall–Kier alpha value is -2.67. The minimum atomic E-state index is -3.48. The zero-order valence-electron chi connectivity index (χ0n) is 15.8. The minimum absolute atomic E-state index is 0.0420. The van der Waals surface area contributed by atoms with Gasteiger partial charge in [-0.05, 0) is 49.1 Å². The number of likely N-dealkylation sites (tertiary alicyclic amines) is 1. The molecule has 1 fully saturated rings. The number of carbonyl (C=O) groups is 1. The van der Waals surface area contributed by atoms with E-state index >= 15 is 0 Å². The first-order valence-corrected chi connectivity index (χ1v) is 11.4. The first-order valence-electron chi connectivity index (χ1n) is 9.47. The summed E-state index contributed by atoms with van der Waals surface area (Å²) in [6.45, 7) is 1.94. The number of para-hydroxylation sites is 2. The van der Waals surface area contributed by atoms with Crippen molar-refractivity contribution >= 4 is 26.8 Å². The van der Waals surface area contributed by atoms with E-state index in [2.05, 4.69) is 4.98 Å². The lowest BCUT2D eigenvalue weighted by atomic mass is 10.1. The van der Waals surface area contributed by atoms with Crippen molar-refractivity contribution in [2.24, 2.45) is 0 Å². The maximum absolute atomic E-state index is 12.8. The topological polar surface area (TPSA) is 72.3 Å². The fourth-order valence-electron chi connectivity index (χ4n) is 3.75. The SMILES string of the molecule is CS(=O)(=O)c1nc2ccccc2n1Cc1cccc(C(=O)N2CCCCC2)c1. The molecule has 0 spiro atoms. The molecule has 28 heavy (non-hydrogen) atoms. The Kier molecular flexibility index (Phi) is 4.93. The predicted molar refractivity (Wildman–Crippen MR) is 108 cm³/mol. The van der Waals surface area contributed by atoms with Gasteiger partial charge in [-0.2, -0.15) is 0 Å². The van der Waals surface area contributed by atoms with E-state index in [9.17, 15) is 13.2 Å². The number of hydrogen-bond donors (Lipinski definition) is 0. The number of amides is 1. The molecule has 3 aromatic rings. The van der Waals surface area contributed by atoms with Crippen molar-refractivity contribution in [3.05, 3.63) is 59.7 Å².